The Kier molecular flexibility index (Phi) is 286. The van der Waals surface area contributed by atoms with Crippen LogP contribution in [0.1, 0.15) is 0 Å². The molecule has 6 heavy (non-hydrogen) atoms. The molecule has 0 atom stereocenters. The fourth-order valence-corrected chi connectivity index (χ4v) is 0. The van der Waals surface area contributed by atoms with Crippen LogP contribution in [0.5, 0.6) is 0 Å². The molecule has 6 heteroatoms. The molecule has 0 fully saturated rings. The molecular formula is H2Na2O4. The standard InChI is InChI=1S/2Na.2H2O2/c;;2*1-2/h;;2*1-2H/q2*+1;;/p-2. The van der Waals surface area contributed by atoms with Crippen molar-refractivity contribution in [3.63, 3.8) is 0 Å². The SMILES string of the molecule is [Na+].[Na+].[O-]O.[O-]O. The Morgan fingerprint density at radius 3 is 0.667 bits per heavy atom. The molecule has 0 bridgehead atoms. The summed E-state index contributed by atoms with van der Waals surface area (Å²) in [5.41, 5.74) is 0. The minimum atomic E-state index is 0. The van der Waals surface area contributed by atoms with Crippen molar-refractivity contribution in [2.75, 3.05) is 0 Å². The van der Waals surface area contributed by atoms with E-state index in [9.17, 15) is 0 Å². The summed E-state index contributed by atoms with van der Waals surface area (Å²) in [6, 6.07) is 0. The Labute approximate surface area is 79.2 Å². The summed E-state index contributed by atoms with van der Waals surface area (Å²) in [4.78, 5) is 0. The average Bonchev–Trinajstić information content (AvgIpc) is 1.50. The average molecular weight is 112 g/mol. The van der Waals surface area contributed by atoms with E-state index in [4.69, 9.17) is 21.0 Å². The van der Waals surface area contributed by atoms with Crippen molar-refractivity contribution in [1.82, 2.24) is 0 Å². The molecule has 4 nitrogen and oxygen atoms in total. The van der Waals surface area contributed by atoms with Crippen molar-refractivity contribution >= 4 is 0 Å². The summed E-state index contributed by atoms with van der Waals surface area (Å²) in [6.07, 6.45) is 0. The van der Waals surface area contributed by atoms with E-state index in [1.54, 1.807) is 0 Å². The van der Waals surface area contributed by atoms with Crippen molar-refractivity contribution in [2.45, 2.75) is 0 Å². The van der Waals surface area contributed by atoms with E-state index in [0.29, 0.717) is 0 Å². The van der Waals surface area contributed by atoms with Gasteiger partial charge in [-0.25, -0.2) is 0 Å². The van der Waals surface area contributed by atoms with E-state index >= 15 is 0 Å². The molecule has 0 spiro atoms. The Balaban J connectivity index is -0.00000000500. The predicted octanol–water partition coefficient (Wildman–Crippen LogP) is -8.35. The van der Waals surface area contributed by atoms with Crippen molar-refractivity contribution in [3.8, 4) is 0 Å². The van der Waals surface area contributed by atoms with Gasteiger partial charge in [0.15, 0.2) is 0 Å². The zero-order valence-corrected chi connectivity index (χ0v) is 7.71. The van der Waals surface area contributed by atoms with Crippen molar-refractivity contribution < 1.29 is 80.1 Å². The first kappa shape index (κ1) is 24.9. The van der Waals surface area contributed by atoms with Gasteiger partial charge in [-0.2, -0.15) is 0 Å². The van der Waals surface area contributed by atoms with Crippen LogP contribution in [-0.2, 0) is 0 Å². The maximum Gasteiger partial charge on any atom is 1.00 e. The molecule has 0 saturated carbocycles. The molecule has 0 aliphatic carbocycles. The van der Waals surface area contributed by atoms with Crippen LogP contribution in [0, 0.1) is 0 Å². The molecule has 0 aromatic rings. The van der Waals surface area contributed by atoms with Gasteiger partial charge in [0.05, 0.1) is 0 Å². The van der Waals surface area contributed by atoms with Crippen molar-refractivity contribution in [2.24, 2.45) is 0 Å². The van der Waals surface area contributed by atoms with Crippen molar-refractivity contribution in [1.29, 1.82) is 0 Å². The molecule has 0 rings (SSSR count). The van der Waals surface area contributed by atoms with Gasteiger partial charge in [-0.05, 0) is 0 Å². The second-order valence-corrected chi connectivity index (χ2v) is 0. The Bertz CT molecular complexity index is 5.51. The van der Waals surface area contributed by atoms with Crippen LogP contribution >= 0.6 is 0 Å². The smallest absolute Gasteiger partial charge is 0.727 e. The summed E-state index contributed by atoms with van der Waals surface area (Å²) >= 11 is 0. The molecule has 0 aliphatic rings. The van der Waals surface area contributed by atoms with E-state index in [2.05, 4.69) is 0 Å². The molecule has 0 saturated heterocycles. The normalized spacial score (nSPS) is 2.00. The Morgan fingerprint density at radius 1 is 0.667 bits per heavy atom. The zero-order chi connectivity index (χ0) is 4.00. The zero-order valence-electron chi connectivity index (χ0n) is 3.71. The van der Waals surface area contributed by atoms with E-state index in [-0.39, 0.29) is 59.1 Å². The fraction of sp³-hybridized carbons (Fsp3) is 0. The number of rotatable bonds is 0. The van der Waals surface area contributed by atoms with Gasteiger partial charge in [0.2, 0.25) is 0 Å². The van der Waals surface area contributed by atoms with Gasteiger partial charge in [-0.1, -0.05) is 0 Å². The first-order chi connectivity index (χ1) is 2.00. The molecule has 2 N–H and O–H groups in total. The van der Waals surface area contributed by atoms with E-state index in [1.807, 2.05) is 0 Å². The number of hydrogen-bond donors (Lipinski definition) is 2. The molecule has 0 aromatic heterocycles. The number of hydrogen-bond acceptors (Lipinski definition) is 4. The van der Waals surface area contributed by atoms with Crippen molar-refractivity contribution in [3.05, 3.63) is 0 Å². The van der Waals surface area contributed by atoms with Gasteiger partial charge in [0.1, 0.15) is 0 Å². The van der Waals surface area contributed by atoms with E-state index in [1.165, 1.54) is 0 Å². The molecule has 0 radical (unpaired) electrons. The minimum absolute atomic E-state index is 0. The van der Waals surface area contributed by atoms with Gasteiger partial charge in [0.25, 0.3) is 0 Å². The maximum absolute atomic E-state index is 7.25. The third-order valence-electron chi connectivity index (χ3n) is 0. The molecule has 0 aliphatic heterocycles. The third kappa shape index (κ3) is 40.4. The second-order valence-electron chi connectivity index (χ2n) is 0. The molecular weight excluding hydrogens is 110 g/mol. The Hall–Kier alpha value is 1.84. The van der Waals surface area contributed by atoms with E-state index in [0.717, 1.165) is 0 Å². The van der Waals surface area contributed by atoms with Gasteiger partial charge >= 0.3 is 59.1 Å². The third-order valence-corrected chi connectivity index (χ3v) is 0. The second kappa shape index (κ2) is 68.9. The monoisotopic (exact) mass is 112 g/mol. The fourth-order valence-electron chi connectivity index (χ4n) is 0. The quantitative estimate of drug-likeness (QED) is 0.185. The molecule has 0 amide bonds. The van der Waals surface area contributed by atoms with E-state index < -0.39 is 0 Å². The van der Waals surface area contributed by atoms with Crippen LogP contribution in [0.3, 0.4) is 0 Å². The van der Waals surface area contributed by atoms with Crippen LogP contribution in [0.15, 0.2) is 0 Å². The summed E-state index contributed by atoms with van der Waals surface area (Å²) < 4.78 is 0. The molecule has 28 valence electrons. The van der Waals surface area contributed by atoms with Gasteiger partial charge < -0.3 is 21.0 Å². The van der Waals surface area contributed by atoms with Crippen LogP contribution < -0.4 is 69.6 Å². The Morgan fingerprint density at radius 2 is 0.667 bits per heavy atom. The van der Waals surface area contributed by atoms with Gasteiger partial charge in [-0.3, -0.25) is 0 Å². The largest absolute Gasteiger partial charge is 1.00 e. The van der Waals surface area contributed by atoms with Crippen LogP contribution in [0.25, 0.3) is 0 Å². The molecule has 0 aromatic carbocycles. The molecule has 0 unspecified atom stereocenters. The summed E-state index contributed by atoms with van der Waals surface area (Å²) in [5, 5.41) is 26.0. The van der Waals surface area contributed by atoms with Crippen LogP contribution in [-0.4, -0.2) is 10.5 Å². The summed E-state index contributed by atoms with van der Waals surface area (Å²) in [6.45, 7) is 0. The summed E-state index contributed by atoms with van der Waals surface area (Å²) in [5.74, 6) is 0. The van der Waals surface area contributed by atoms with Crippen LogP contribution in [0.2, 0.25) is 0 Å². The van der Waals surface area contributed by atoms with Gasteiger partial charge in [0, 0.05) is 0 Å². The first-order valence-electron chi connectivity index (χ1n) is 0.365. The topological polar surface area (TPSA) is 86.6 Å². The predicted molar refractivity (Wildman–Crippen MR) is 5.26 cm³/mol. The maximum atomic E-state index is 7.25. The summed E-state index contributed by atoms with van der Waals surface area (Å²) in [7, 11) is 0. The van der Waals surface area contributed by atoms with Crippen LogP contribution in [0.4, 0.5) is 0 Å². The minimum Gasteiger partial charge on any atom is -0.727 e. The molecule has 0 heterocycles. The first-order valence-corrected chi connectivity index (χ1v) is 0.365. The van der Waals surface area contributed by atoms with Gasteiger partial charge in [-0.15, -0.1) is 0 Å².